The number of fused-ring (bicyclic) bond motifs is 2. The van der Waals surface area contributed by atoms with E-state index in [4.69, 9.17) is 4.74 Å². The monoisotopic (exact) mass is 362 g/mol. The third-order valence-corrected chi connectivity index (χ3v) is 5.00. The number of nitrogens with zero attached hydrogens (tertiary/aromatic N) is 2. The molecule has 0 radical (unpaired) electrons. The normalized spacial score (nSPS) is 13.4. The second kappa shape index (κ2) is 7.66. The van der Waals surface area contributed by atoms with Gasteiger partial charge in [0, 0.05) is 30.5 Å². The summed E-state index contributed by atoms with van der Waals surface area (Å²) in [5, 5.41) is 1.14. The van der Waals surface area contributed by atoms with Gasteiger partial charge >= 0.3 is 5.97 Å². The second-order valence-electron chi connectivity index (χ2n) is 6.76. The molecule has 2 heterocycles. The van der Waals surface area contributed by atoms with Gasteiger partial charge in [0.15, 0.2) is 6.61 Å². The number of ether oxygens (including phenoxy) is 1. The van der Waals surface area contributed by atoms with E-state index in [9.17, 15) is 9.59 Å². The summed E-state index contributed by atoms with van der Waals surface area (Å²) >= 11 is 0. The highest BCUT2D eigenvalue weighted by molar-refractivity contribution is 5.96. The summed E-state index contributed by atoms with van der Waals surface area (Å²) in [6.45, 7) is 0.995. The molecule has 0 aliphatic carbocycles. The maximum absolute atomic E-state index is 12.5. The lowest BCUT2D eigenvalue weighted by Crippen LogP contribution is -2.38. The van der Waals surface area contributed by atoms with Crippen LogP contribution in [0, 0.1) is 0 Å². The Kier molecular flexibility index (Phi) is 4.92. The van der Waals surface area contributed by atoms with E-state index in [1.165, 1.54) is 5.56 Å². The molecular formula is C22H22N2O3. The SMILES string of the molecule is O=C(CCn1ccc2ccccc21)OCC(=O)N1CCCc2ccccc21. The first-order valence-corrected chi connectivity index (χ1v) is 9.30. The highest BCUT2D eigenvalue weighted by atomic mass is 16.5. The summed E-state index contributed by atoms with van der Waals surface area (Å²) < 4.78 is 7.27. The van der Waals surface area contributed by atoms with Gasteiger partial charge in [0.1, 0.15) is 0 Å². The van der Waals surface area contributed by atoms with Crippen molar-refractivity contribution >= 4 is 28.5 Å². The second-order valence-corrected chi connectivity index (χ2v) is 6.76. The molecule has 2 aromatic carbocycles. The van der Waals surface area contributed by atoms with Crippen molar-refractivity contribution < 1.29 is 14.3 Å². The summed E-state index contributed by atoms with van der Waals surface area (Å²) in [6.07, 6.45) is 4.11. The van der Waals surface area contributed by atoms with Crippen molar-refractivity contribution in [1.29, 1.82) is 0 Å². The third-order valence-electron chi connectivity index (χ3n) is 5.00. The zero-order chi connectivity index (χ0) is 18.6. The van der Waals surface area contributed by atoms with Gasteiger partial charge in [-0.2, -0.15) is 0 Å². The number of hydrogen-bond donors (Lipinski definition) is 0. The van der Waals surface area contributed by atoms with E-state index >= 15 is 0 Å². The van der Waals surface area contributed by atoms with Gasteiger partial charge in [-0.05, 0) is 42.0 Å². The summed E-state index contributed by atoms with van der Waals surface area (Å²) in [5.41, 5.74) is 3.19. The molecule has 27 heavy (non-hydrogen) atoms. The Morgan fingerprint density at radius 3 is 2.74 bits per heavy atom. The Bertz CT molecular complexity index is 976. The van der Waals surface area contributed by atoms with Gasteiger partial charge in [0.2, 0.25) is 0 Å². The molecule has 0 saturated carbocycles. The van der Waals surface area contributed by atoms with Crippen LogP contribution in [0.15, 0.2) is 60.8 Å². The van der Waals surface area contributed by atoms with E-state index < -0.39 is 0 Å². The Balaban J connectivity index is 1.31. The van der Waals surface area contributed by atoms with Gasteiger partial charge in [-0.1, -0.05) is 36.4 Å². The number of carbonyl (C=O) groups excluding carboxylic acids is 2. The lowest BCUT2D eigenvalue weighted by atomic mass is 10.0. The fourth-order valence-corrected chi connectivity index (χ4v) is 3.63. The van der Waals surface area contributed by atoms with Crippen LogP contribution in [0.3, 0.4) is 0 Å². The van der Waals surface area contributed by atoms with Crippen molar-refractivity contribution in [1.82, 2.24) is 4.57 Å². The fourth-order valence-electron chi connectivity index (χ4n) is 3.63. The van der Waals surface area contributed by atoms with Crippen LogP contribution in [0.1, 0.15) is 18.4 Å². The van der Waals surface area contributed by atoms with Crippen molar-refractivity contribution in [3.8, 4) is 0 Å². The molecule has 4 rings (SSSR count). The Hall–Kier alpha value is -3.08. The molecule has 1 aliphatic heterocycles. The minimum absolute atomic E-state index is 0.165. The van der Waals surface area contributed by atoms with E-state index in [1.54, 1.807) is 4.90 Å². The van der Waals surface area contributed by atoms with Gasteiger partial charge in [0.05, 0.1) is 6.42 Å². The molecule has 5 nitrogen and oxygen atoms in total. The molecular weight excluding hydrogens is 340 g/mol. The molecule has 138 valence electrons. The predicted octanol–water partition coefficient (Wildman–Crippen LogP) is 3.55. The number of anilines is 1. The van der Waals surface area contributed by atoms with Crippen molar-refractivity contribution in [2.75, 3.05) is 18.1 Å². The molecule has 1 amide bonds. The first-order chi connectivity index (χ1) is 13.2. The molecule has 0 unspecified atom stereocenters. The zero-order valence-electron chi connectivity index (χ0n) is 15.1. The van der Waals surface area contributed by atoms with Gasteiger partial charge in [-0.25, -0.2) is 0 Å². The Morgan fingerprint density at radius 2 is 1.81 bits per heavy atom. The van der Waals surface area contributed by atoms with Crippen molar-refractivity contribution in [3.05, 3.63) is 66.4 Å². The van der Waals surface area contributed by atoms with Crippen molar-refractivity contribution in [2.24, 2.45) is 0 Å². The average Bonchev–Trinajstić information content (AvgIpc) is 3.13. The van der Waals surface area contributed by atoms with Gasteiger partial charge in [0.25, 0.3) is 5.91 Å². The minimum Gasteiger partial charge on any atom is -0.455 e. The molecule has 1 aromatic heterocycles. The van der Waals surface area contributed by atoms with Crippen LogP contribution in [0.25, 0.3) is 10.9 Å². The third kappa shape index (κ3) is 3.72. The highest BCUT2D eigenvalue weighted by Gasteiger charge is 2.22. The maximum Gasteiger partial charge on any atom is 0.308 e. The van der Waals surface area contributed by atoms with Gasteiger partial charge in [-0.15, -0.1) is 0 Å². The number of para-hydroxylation sites is 2. The lowest BCUT2D eigenvalue weighted by Gasteiger charge is -2.29. The van der Waals surface area contributed by atoms with Crippen LogP contribution >= 0.6 is 0 Å². The first kappa shape index (κ1) is 17.3. The predicted molar refractivity (Wildman–Crippen MR) is 105 cm³/mol. The minimum atomic E-state index is -0.355. The number of carbonyl (C=O) groups is 2. The van der Waals surface area contributed by atoms with E-state index in [2.05, 4.69) is 0 Å². The van der Waals surface area contributed by atoms with Crippen LogP contribution in [-0.2, 0) is 27.3 Å². The number of esters is 1. The van der Waals surface area contributed by atoms with Crippen LogP contribution in [0.2, 0.25) is 0 Å². The molecule has 0 spiro atoms. The number of aromatic nitrogens is 1. The number of aryl methyl sites for hydroxylation is 2. The van der Waals surface area contributed by atoms with Crippen molar-refractivity contribution in [3.63, 3.8) is 0 Å². The molecule has 5 heteroatoms. The summed E-state index contributed by atoms with van der Waals surface area (Å²) in [7, 11) is 0. The van der Waals surface area contributed by atoms with Crippen LogP contribution in [0.5, 0.6) is 0 Å². The lowest BCUT2D eigenvalue weighted by molar-refractivity contribution is -0.148. The molecule has 0 fully saturated rings. The largest absolute Gasteiger partial charge is 0.455 e. The molecule has 3 aromatic rings. The van der Waals surface area contributed by atoms with Crippen LogP contribution < -0.4 is 4.90 Å². The van der Waals surface area contributed by atoms with Gasteiger partial charge < -0.3 is 14.2 Å². The molecule has 1 aliphatic rings. The van der Waals surface area contributed by atoms with Gasteiger partial charge in [-0.3, -0.25) is 9.59 Å². The maximum atomic E-state index is 12.5. The average molecular weight is 362 g/mol. The van der Waals surface area contributed by atoms with E-state index in [0.29, 0.717) is 13.1 Å². The molecule has 0 atom stereocenters. The van der Waals surface area contributed by atoms with E-state index in [-0.39, 0.29) is 24.9 Å². The molecule has 0 saturated heterocycles. The number of amides is 1. The highest BCUT2D eigenvalue weighted by Crippen LogP contribution is 2.26. The standard InChI is InChI=1S/C22H22N2O3/c25-21(24-13-5-8-17-6-2-4-10-20(17)24)16-27-22(26)12-15-23-14-11-18-7-1-3-9-19(18)23/h1-4,6-7,9-11,14H,5,8,12-13,15-16H2. The molecule has 0 bridgehead atoms. The van der Waals surface area contributed by atoms with E-state index in [1.807, 2.05) is 65.4 Å². The van der Waals surface area contributed by atoms with Crippen LogP contribution in [-0.4, -0.2) is 29.6 Å². The number of hydrogen-bond acceptors (Lipinski definition) is 3. The summed E-state index contributed by atoms with van der Waals surface area (Å²) in [6, 6.07) is 18.0. The van der Waals surface area contributed by atoms with Crippen molar-refractivity contribution in [2.45, 2.75) is 25.8 Å². The smallest absolute Gasteiger partial charge is 0.308 e. The topological polar surface area (TPSA) is 51.5 Å². The Labute approximate surface area is 158 Å². The summed E-state index contributed by atoms with van der Waals surface area (Å²) in [4.78, 5) is 26.3. The fraction of sp³-hybridized carbons (Fsp3) is 0.273. The summed E-state index contributed by atoms with van der Waals surface area (Å²) in [5.74, 6) is -0.520. The number of benzene rings is 2. The Morgan fingerprint density at radius 1 is 1.00 bits per heavy atom. The number of rotatable bonds is 5. The first-order valence-electron chi connectivity index (χ1n) is 9.30. The van der Waals surface area contributed by atoms with Crippen LogP contribution in [0.4, 0.5) is 5.69 Å². The quantitative estimate of drug-likeness (QED) is 0.652. The zero-order valence-corrected chi connectivity index (χ0v) is 15.1. The van der Waals surface area contributed by atoms with E-state index in [0.717, 1.165) is 29.4 Å². The molecule has 0 N–H and O–H groups in total.